The Labute approximate surface area is 70.7 Å². The fourth-order valence-electron chi connectivity index (χ4n) is 0.426. The van der Waals surface area contributed by atoms with Crippen molar-refractivity contribution in [3.8, 4) is 0 Å². The van der Waals surface area contributed by atoms with Gasteiger partial charge in [0.25, 0.3) is 0 Å². The highest BCUT2D eigenvalue weighted by Crippen LogP contribution is 2.05. The van der Waals surface area contributed by atoms with Gasteiger partial charge >= 0.3 is 5.97 Å². The van der Waals surface area contributed by atoms with E-state index in [0.717, 1.165) is 0 Å². The number of aliphatic carboxylic acids is 1. The van der Waals surface area contributed by atoms with Gasteiger partial charge in [-0.25, -0.2) is 0 Å². The first-order valence-electron chi connectivity index (χ1n) is 3.43. The molecule has 0 spiro atoms. The van der Waals surface area contributed by atoms with Crippen LogP contribution in [-0.2, 0) is 9.53 Å². The number of aliphatic imine (C=N–C) groups is 1. The molecule has 0 aromatic heterocycles. The lowest BCUT2D eigenvalue weighted by molar-refractivity contribution is -0.260. The molecule has 5 nitrogen and oxygen atoms in total. The number of hydrogen-bond acceptors (Lipinski definition) is 4. The van der Waals surface area contributed by atoms with E-state index in [9.17, 15) is 9.90 Å². The Hall–Kier alpha value is -1.26. The zero-order valence-electron chi connectivity index (χ0n) is 7.33. The van der Waals surface area contributed by atoms with Crippen molar-refractivity contribution in [3.63, 3.8) is 0 Å². The third kappa shape index (κ3) is 6.85. The van der Waals surface area contributed by atoms with Crippen LogP contribution < -0.4 is 5.11 Å². The summed E-state index contributed by atoms with van der Waals surface area (Å²) in [5.74, 6) is -1.15. The molecule has 0 aliphatic heterocycles. The molecule has 0 bridgehead atoms. The van der Waals surface area contributed by atoms with Crippen molar-refractivity contribution in [2.45, 2.75) is 26.4 Å². The van der Waals surface area contributed by atoms with E-state index in [1.807, 2.05) is 0 Å². The quantitative estimate of drug-likeness (QED) is 0.456. The zero-order chi connectivity index (χ0) is 9.78. The predicted molar refractivity (Wildman–Crippen MR) is 40.8 cm³/mol. The van der Waals surface area contributed by atoms with Crippen molar-refractivity contribution in [1.29, 1.82) is 0 Å². The molecule has 0 amide bonds. The summed E-state index contributed by atoms with van der Waals surface area (Å²) in [6, 6.07) is 0. The molecular formula is C7H12NO4-. The van der Waals surface area contributed by atoms with E-state index >= 15 is 0 Å². The molecule has 0 aliphatic rings. The lowest BCUT2D eigenvalue weighted by Gasteiger charge is -2.29. The summed E-state index contributed by atoms with van der Waals surface area (Å²) in [6.45, 7) is 4.50. The molecule has 0 atom stereocenters. The Kier molecular flexibility index (Phi) is 3.53. The van der Waals surface area contributed by atoms with Gasteiger partial charge in [0, 0.05) is 5.60 Å². The van der Waals surface area contributed by atoms with E-state index in [1.54, 1.807) is 20.8 Å². The number of nitrogens with zero attached hydrogens (tertiary/aromatic N) is 1. The van der Waals surface area contributed by atoms with Crippen LogP contribution in [0.25, 0.3) is 0 Å². The molecule has 0 aromatic carbocycles. The minimum atomic E-state index is -1.15. The SMILES string of the molecule is CC(C)(C)OC([O-])=NCC(=O)O. The van der Waals surface area contributed by atoms with Crippen LogP contribution in [-0.4, -0.2) is 29.3 Å². The molecular weight excluding hydrogens is 162 g/mol. The standard InChI is InChI=1S/C7H13NO4/c1-7(2,3)12-6(11)8-4-5(9)10/h4H2,1-3H3,(H,8,11)(H,9,10)/p-1. The first-order chi connectivity index (χ1) is 5.31. The minimum absolute atomic E-state index is 0.547. The summed E-state index contributed by atoms with van der Waals surface area (Å²) in [5, 5.41) is 18.9. The van der Waals surface area contributed by atoms with Crippen LogP contribution >= 0.6 is 0 Å². The van der Waals surface area contributed by atoms with Crippen LogP contribution in [0.2, 0.25) is 0 Å². The number of ether oxygens (including phenoxy) is 1. The van der Waals surface area contributed by atoms with Gasteiger partial charge in [-0.3, -0.25) is 9.79 Å². The van der Waals surface area contributed by atoms with E-state index < -0.39 is 24.2 Å². The molecule has 0 saturated carbocycles. The van der Waals surface area contributed by atoms with E-state index in [-0.39, 0.29) is 0 Å². The summed E-state index contributed by atoms with van der Waals surface area (Å²) < 4.78 is 4.72. The van der Waals surface area contributed by atoms with Crippen molar-refractivity contribution in [3.05, 3.63) is 0 Å². The molecule has 0 rings (SSSR count). The predicted octanol–water partition coefficient (Wildman–Crippen LogP) is -0.398. The second-order valence-corrected chi connectivity index (χ2v) is 3.19. The molecule has 0 heterocycles. The molecule has 0 aromatic rings. The molecule has 70 valence electrons. The van der Waals surface area contributed by atoms with Crippen LogP contribution in [0.15, 0.2) is 4.99 Å². The van der Waals surface area contributed by atoms with Crippen molar-refractivity contribution in [2.75, 3.05) is 6.54 Å². The van der Waals surface area contributed by atoms with Crippen LogP contribution in [0.1, 0.15) is 20.8 Å². The normalized spacial score (nSPS) is 12.8. The number of carbonyl (C=O) groups is 1. The Morgan fingerprint density at radius 1 is 1.58 bits per heavy atom. The van der Waals surface area contributed by atoms with Crippen LogP contribution in [0, 0.1) is 0 Å². The third-order valence-corrected chi connectivity index (χ3v) is 0.737. The van der Waals surface area contributed by atoms with Crippen LogP contribution in [0.4, 0.5) is 0 Å². The van der Waals surface area contributed by atoms with Crippen molar-refractivity contribution >= 4 is 12.1 Å². The Bertz CT molecular complexity index is 192. The van der Waals surface area contributed by atoms with Gasteiger partial charge in [0.2, 0.25) is 0 Å². The number of carboxylic acid groups (broad SMARTS) is 1. The van der Waals surface area contributed by atoms with Gasteiger partial charge in [-0.2, -0.15) is 0 Å². The zero-order valence-corrected chi connectivity index (χ0v) is 7.33. The second kappa shape index (κ2) is 3.94. The van der Waals surface area contributed by atoms with Crippen molar-refractivity contribution in [2.24, 2.45) is 4.99 Å². The monoisotopic (exact) mass is 174 g/mol. The highest BCUT2D eigenvalue weighted by atomic mass is 16.6. The molecule has 0 fully saturated rings. The van der Waals surface area contributed by atoms with E-state index in [2.05, 4.69) is 4.99 Å². The Balaban J connectivity index is 3.95. The molecule has 0 aliphatic carbocycles. The highest BCUT2D eigenvalue weighted by Gasteiger charge is 2.04. The van der Waals surface area contributed by atoms with E-state index in [1.165, 1.54) is 0 Å². The average Bonchev–Trinajstić information content (AvgIpc) is 1.79. The number of carboxylic acids is 1. The largest absolute Gasteiger partial charge is 0.595 e. The molecule has 1 N–H and O–H groups in total. The minimum Gasteiger partial charge on any atom is -0.595 e. The molecule has 12 heavy (non-hydrogen) atoms. The van der Waals surface area contributed by atoms with Gasteiger partial charge in [-0.05, 0) is 0 Å². The second-order valence-electron chi connectivity index (χ2n) is 3.19. The first kappa shape index (κ1) is 10.7. The third-order valence-electron chi connectivity index (χ3n) is 0.737. The van der Waals surface area contributed by atoms with Gasteiger partial charge in [0.05, 0.1) is 0 Å². The summed E-state index contributed by atoms with van der Waals surface area (Å²) in [7, 11) is 0. The summed E-state index contributed by atoms with van der Waals surface area (Å²) in [5.41, 5.74) is -0.626. The van der Waals surface area contributed by atoms with Crippen LogP contribution in [0.3, 0.4) is 0 Å². The van der Waals surface area contributed by atoms with E-state index in [4.69, 9.17) is 9.84 Å². The van der Waals surface area contributed by atoms with Crippen molar-refractivity contribution < 1.29 is 19.7 Å². The lowest BCUT2D eigenvalue weighted by Crippen LogP contribution is -2.32. The van der Waals surface area contributed by atoms with Gasteiger partial charge < -0.3 is 14.9 Å². The molecule has 0 saturated heterocycles. The average molecular weight is 174 g/mol. The highest BCUT2D eigenvalue weighted by molar-refractivity contribution is 5.73. The summed E-state index contributed by atoms with van der Waals surface area (Å²) in [6.07, 6.45) is -0.843. The number of rotatable bonds is 2. The summed E-state index contributed by atoms with van der Waals surface area (Å²) >= 11 is 0. The fraction of sp³-hybridized carbons (Fsp3) is 0.714. The topological polar surface area (TPSA) is 82.0 Å². The van der Waals surface area contributed by atoms with E-state index in [0.29, 0.717) is 0 Å². The Morgan fingerprint density at radius 3 is 2.42 bits per heavy atom. The smallest absolute Gasteiger partial charge is 0.325 e. The summed E-state index contributed by atoms with van der Waals surface area (Å²) in [4.78, 5) is 13.1. The molecule has 0 unspecified atom stereocenters. The first-order valence-corrected chi connectivity index (χ1v) is 3.43. The van der Waals surface area contributed by atoms with Crippen molar-refractivity contribution in [1.82, 2.24) is 0 Å². The van der Waals surface area contributed by atoms with Crippen LogP contribution in [0.5, 0.6) is 0 Å². The lowest BCUT2D eigenvalue weighted by atomic mass is 10.2. The van der Waals surface area contributed by atoms with Gasteiger partial charge in [0.1, 0.15) is 12.6 Å². The molecule has 5 heteroatoms. The maximum Gasteiger partial charge on any atom is 0.325 e. The molecule has 0 radical (unpaired) electrons. The Morgan fingerprint density at radius 2 is 2.08 bits per heavy atom. The van der Waals surface area contributed by atoms with Gasteiger partial charge in [-0.1, -0.05) is 20.8 Å². The number of hydrogen-bond donors (Lipinski definition) is 1. The maximum absolute atomic E-state index is 10.7. The van der Waals surface area contributed by atoms with Gasteiger partial charge in [0.15, 0.2) is 0 Å². The fourth-order valence-corrected chi connectivity index (χ4v) is 0.426. The maximum atomic E-state index is 10.7. The van der Waals surface area contributed by atoms with Gasteiger partial charge in [-0.15, -0.1) is 0 Å².